The first-order valence-electron chi connectivity index (χ1n) is 5.62. The zero-order chi connectivity index (χ0) is 11.8. The van der Waals surface area contributed by atoms with Gasteiger partial charge in [0.25, 0.3) is 0 Å². The number of carbonyl (C=O) groups is 1. The van der Waals surface area contributed by atoms with Crippen LogP contribution in [-0.2, 0) is 9.53 Å². The molecule has 0 saturated heterocycles. The SMILES string of the molecule is CCC=CC(=O)OCC(C)c1ccccc1. The van der Waals surface area contributed by atoms with E-state index in [-0.39, 0.29) is 11.9 Å². The summed E-state index contributed by atoms with van der Waals surface area (Å²) in [7, 11) is 0. The van der Waals surface area contributed by atoms with Crippen LogP contribution >= 0.6 is 0 Å². The normalized spacial score (nSPS) is 12.6. The van der Waals surface area contributed by atoms with E-state index in [9.17, 15) is 4.79 Å². The number of ether oxygens (including phenoxy) is 1. The lowest BCUT2D eigenvalue weighted by Crippen LogP contribution is -2.08. The Morgan fingerprint density at radius 2 is 2.06 bits per heavy atom. The number of benzene rings is 1. The van der Waals surface area contributed by atoms with Gasteiger partial charge in [-0.15, -0.1) is 0 Å². The molecule has 1 aromatic carbocycles. The van der Waals surface area contributed by atoms with Crippen molar-refractivity contribution in [1.82, 2.24) is 0 Å². The lowest BCUT2D eigenvalue weighted by molar-refractivity contribution is -0.138. The Labute approximate surface area is 96.9 Å². The van der Waals surface area contributed by atoms with Gasteiger partial charge in [0, 0.05) is 12.0 Å². The summed E-state index contributed by atoms with van der Waals surface area (Å²) < 4.78 is 5.13. The Morgan fingerprint density at radius 3 is 2.69 bits per heavy atom. The van der Waals surface area contributed by atoms with Crippen LogP contribution in [0.3, 0.4) is 0 Å². The maximum absolute atomic E-state index is 11.2. The van der Waals surface area contributed by atoms with Gasteiger partial charge in [0.1, 0.15) is 0 Å². The highest BCUT2D eigenvalue weighted by atomic mass is 16.5. The zero-order valence-electron chi connectivity index (χ0n) is 9.85. The smallest absolute Gasteiger partial charge is 0.330 e. The van der Waals surface area contributed by atoms with E-state index in [0.717, 1.165) is 6.42 Å². The van der Waals surface area contributed by atoms with Crippen molar-refractivity contribution in [3.05, 3.63) is 48.0 Å². The molecule has 1 unspecified atom stereocenters. The van der Waals surface area contributed by atoms with Gasteiger partial charge in [0.15, 0.2) is 0 Å². The number of carbonyl (C=O) groups excluding carboxylic acids is 1. The minimum absolute atomic E-state index is 0.236. The fourth-order valence-electron chi connectivity index (χ4n) is 1.35. The maximum Gasteiger partial charge on any atom is 0.330 e. The first-order chi connectivity index (χ1) is 7.74. The Balaban J connectivity index is 2.39. The highest BCUT2D eigenvalue weighted by Gasteiger charge is 2.06. The number of allylic oxidation sites excluding steroid dienone is 1. The summed E-state index contributed by atoms with van der Waals surface area (Å²) in [5.74, 6) is -0.0233. The molecular weight excluding hydrogens is 200 g/mol. The number of hydrogen-bond acceptors (Lipinski definition) is 2. The largest absolute Gasteiger partial charge is 0.462 e. The minimum atomic E-state index is -0.260. The van der Waals surface area contributed by atoms with Crippen LogP contribution in [0.15, 0.2) is 42.5 Å². The molecule has 0 heterocycles. The standard InChI is InChI=1S/C14H18O2/c1-3-4-10-14(15)16-11-12(2)13-8-6-5-7-9-13/h4-10,12H,3,11H2,1-2H3. The molecule has 86 valence electrons. The summed E-state index contributed by atoms with van der Waals surface area (Å²) in [6.45, 7) is 4.46. The predicted molar refractivity (Wildman–Crippen MR) is 65.2 cm³/mol. The van der Waals surface area contributed by atoms with Gasteiger partial charge in [-0.25, -0.2) is 4.79 Å². The summed E-state index contributed by atoms with van der Waals surface area (Å²) >= 11 is 0. The molecule has 16 heavy (non-hydrogen) atoms. The molecule has 0 aliphatic carbocycles. The van der Waals surface area contributed by atoms with Gasteiger partial charge in [-0.05, 0) is 12.0 Å². The fraction of sp³-hybridized carbons (Fsp3) is 0.357. The molecule has 0 bridgehead atoms. The second-order valence-electron chi connectivity index (χ2n) is 3.75. The van der Waals surface area contributed by atoms with Crippen LogP contribution in [-0.4, -0.2) is 12.6 Å². The van der Waals surface area contributed by atoms with Crippen LogP contribution in [0.2, 0.25) is 0 Å². The molecule has 0 amide bonds. The Hall–Kier alpha value is -1.57. The highest BCUT2D eigenvalue weighted by molar-refractivity contribution is 5.81. The third-order valence-corrected chi connectivity index (χ3v) is 2.33. The summed E-state index contributed by atoms with van der Waals surface area (Å²) in [4.78, 5) is 11.2. The van der Waals surface area contributed by atoms with Crippen molar-refractivity contribution in [3.8, 4) is 0 Å². The lowest BCUT2D eigenvalue weighted by atomic mass is 10.0. The molecule has 1 aromatic rings. The molecule has 0 N–H and O–H groups in total. The van der Waals surface area contributed by atoms with Crippen LogP contribution in [0.1, 0.15) is 31.7 Å². The van der Waals surface area contributed by atoms with Crippen molar-refractivity contribution in [2.24, 2.45) is 0 Å². The average Bonchev–Trinajstić information content (AvgIpc) is 2.34. The van der Waals surface area contributed by atoms with Crippen LogP contribution in [0.5, 0.6) is 0 Å². The van der Waals surface area contributed by atoms with E-state index in [0.29, 0.717) is 6.61 Å². The second-order valence-corrected chi connectivity index (χ2v) is 3.75. The molecule has 2 heteroatoms. The summed E-state index contributed by atoms with van der Waals surface area (Å²) in [6, 6.07) is 10.0. The monoisotopic (exact) mass is 218 g/mol. The molecule has 0 spiro atoms. The van der Waals surface area contributed by atoms with Crippen molar-refractivity contribution in [2.45, 2.75) is 26.2 Å². The molecule has 0 aliphatic heterocycles. The molecule has 0 saturated carbocycles. The van der Waals surface area contributed by atoms with Crippen LogP contribution < -0.4 is 0 Å². The lowest BCUT2D eigenvalue weighted by Gasteiger charge is -2.11. The van der Waals surface area contributed by atoms with Crippen LogP contribution in [0.4, 0.5) is 0 Å². The molecule has 0 fully saturated rings. The molecule has 0 radical (unpaired) electrons. The van der Waals surface area contributed by atoms with E-state index < -0.39 is 0 Å². The molecular formula is C14H18O2. The van der Waals surface area contributed by atoms with Crippen molar-refractivity contribution in [2.75, 3.05) is 6.61 Å². The van der Waals surface area contributed by atoms with Crippen LogP contribution in [0, 0.1) is 0 Å². The fourth-order valence-corrected chi connectivity index (χ4v) is 1.35. The topological polar surface area (TPSA) is 26.3 Å². The molecule has 0 aromatic heterocycles. The summed E-state index contributed by atoms with van der Waals surface area (Å²) in [5, 5.41) is 0. The number of rotatable bonds is 5. The number of esters is 1. The summed E-state index contributed by atoms with van der Waals surface area (Å²) in [5.41, 5.74) is 1.19. The van der Waals surface area contributed by atoms with Crippen molar-refractivity contribution in [1.29, 1.82) is 0 Å². The average molecular weight is 218 g/mol. The Kier molecular flexibility index (Phi) is 5.34. The first-order valence-corrected chi connectivity index (χ1v) is 5.62. The maximum atomic E-state index is 11.2. The summed E-state index contributed by atoms with van der Waals surface area (Å²) in [6.07, 6.45) is 4.14. The molecule has 0 aliphatic rings. The van der Waals surface area contributed by atoms with Gasteiger partial charge in [-0.1, -0.05) is 50.3 Å². The van der Waals surface area contributed by atoms with E-state index in [2.05, 4.69) is 0 Å². The Bertz CT molecular complexity index is 341. The quantitative estimate of drug-likeness (QED) is 0.560. The predicted octanol–water partition coefficient (Wildman–Crippen LogP) is 3.30. The van der Waals surface area contributed by atoms with E-state index in [1.807, 2.05) is 44.2 Å². The highest BCUT2D eigenvalue weighted by Crippen LogP contribution is 2.14. The minimum Gasteiger partial charge on any atom is -0.462 e. The number of hydrogen-bond donors (Lipinski definition) is 0. The van der Waals surface area contributed by atoms with Crippen LogP contribution in [0.25, 0.3) is 0 Å². The van der Waals surface area contributed by atoms with E-state index >= 15 is 0 Å². The first kappa shape index (κ1) is 12.5. The van der Waals surface area contributed by atoms with Gasteiger partial charge in [-0.3, -0.25) is 0 Å². The van der Waals surface area contributed by atoms with Crippen molar-refractivity contribution >= 4 is 5.97 Å². The van der Waals surface area contributed by atoms with Gasteiger partial charge in [0.05, 0.1) is 6.61 Å². The Morgan fingerprint density at radius 1 is 1.38 bits per heavy atom. The second kappa shape index (κ2) is 6.83. The van der Waals surface area contributed by atoms with Gasteiger partial charge < -0.3 is 4.74 Å². The van der Waals surface area contributed by atoms with E-state index in [1.54, 1.807) is 6.08 Å². The van der Waals surface area contributed by atoms with Crippen molar-refractivity contribution in [3.63, 3.8) is 0 Å². The van der Waals surface area contributed by atoms with Gasteiger partial charge in [-0.2, -0.15) is 0 Å². The molecule has 1 atom stereocenters. The van der Waals surface area contributed by atoms with Gasteiger partial charge in [0.2, 0.25) is 0 Å². The zero-order valence-corrected chi connectivity index (χ0v) is 9.85. The third kappa shape index (κ3) is 4.30. The van der Waals surface area contributed by atoms with Gasteiger partial charge >= 0.3 is 5.97 Å². The van der Waals surface area contributed by atoms with Crippen molar-refractivity contribution < 1.29 is 9.53 Å². The van der Waals surface area contributed by atoms with E-state index in [4.69, 9.17) is 4.74 Å². The molecule has 1 rings (SSSR count). The van der Waals surface area contributed by atoms with E-state index in [1.165, 1.54) is 11.6 Å². The third-order valence-electron chi connectivity index (χ3n) is 2.33. The molecule has 2 nitrogen and oxygen atoms in total.